The first kappa shape index (κ1) is 16.0. The molecule has 6 nitrogen and oxygen atoms in total. The fourth-order valence-electron chi connectivity index (χ4n) is 2.61. The largest absolute Gasteiger partial charge is 0.492 e. The maximum atomic E-state index is 5.76. The van der Waals surface area contributed by atoms with Gasteiger partial charge >= 0.3 is 0 Å². The van der Waals surface area contributed by atoms with Crippen LogP contribution in [0, 0.1) is 0 Å². The third-order valence-electron chi connectivity index (χ3n) is 3.96. The summed E-state index contributed by atoms with van der Waals surface area (Å²) >= 11 is 0. The second kappa shape index (κ2) is 7.57. The number of anilines is 2. The van der Waals surface area contributed by atoms with Gasteiger partial charge in [-0.25, -0.2) is 9.67 Å². The van der Waals surface area contributed by atoms with E-state index in [1.807, 2.05) is 76.2 Å². The van der Waals surface area contributed by atoms with Gasteiger partial charge in [-0.2, -0.15) is 5.10 Å². The van der Waals surface area contributed by atoms with Crippen molar-refractivity contribution < 1.29 is 4.74 Å². The molecule has 2 heterocycles. The highest BCUT2D eigenvalue weighted by Gasteiger charge is 1.99. The zero-order valence-corrected chi connectivity index (χ0v) is 14.2. The number of ether oxygens (including phenoxy) is 1. The van der Waals surface area contributed by atoms with Gasteiger partial charge in [0.1, 0.15) is 12.4 Å². The van der Waals surface area contributed by atoms with Crippen LogP contribution in [0.3, 0.4) is 0 Å². The molecule has 4 aromatic rings. The molecule has 0 radical (unpaired) electrons. The van der Waals surface area contributed by atoms with Gasteiger partial charge in [-0.15, -0.1) is 0 Å². The number of nitrogens with one attached hydrogen (secondary N) is 1. The van der Waals surface area contributed by atoms with Crippen molar-refractivity contribution >= 4 is 11.4 Å². The van der Waals surface area contributed by atoms with Crippen LogP contribution in [0.4, 0.5) is 11.4 Å². The van der Waals surface area contributed by atoms with E-state index in [4.69, 9.17) is 4.74 Å². The van der Waals surface area contributed by atoms with Gasteiger partial charge in [-0.05, 0) is 54.6 Å². The van der Waals surface area contributed by atoms with Gasteiger partial charge in [-0.3, -0.25) is 0 Å². The molecule has 4 rings (SSSR count). The fourth-order valence-corrected chi connectivity index (χ4v) is 2.61. The smallest absolute Gasteiger partial charge is 0.119 e. The Morgan fingerprint density at radius 3 is 2.31 bits per heavy atom. The first-order valence-corrected chi connectivity index (χ1v) is 8.42. The van der Waals surface area contributed by atoms with Crippen LogP contribution in [0.2, 0.25) is 0 Å². The van der Waals surface area contributed by atoms with Gasteiger partial charge in [0.15, 0.2) is 0 Å². The quantitative estimate of drug-likeness (QED) is 0.552. The van der Waals surface area contributed by atoms with Crippen LogP contribution in [0.15, 0.2) is 85.7 Å². The predicted octanol–water partition coefficient (Wildman–Crippen LogP) is 3.89. The lowest BCUT2D eigenvalue weighted by Crippen LogP contribution is -2.06. The SMILES string of the molecule is c1cnn(-c2ccc(Nc3ccc(OCCn4ccnc4)cc3)cc2)c1. The number of hydrogen-bond donors (Lipinski definition) is 1. The van der Waals surface area contributed by atoms with Crippen LogP contribution in [0.1, 0.15) is 0 Å². The minimum Gasteiger partial charge on any atom is -0.492 e. The lowest BCUT2D eigenvalue weighted by molar-refractivity contribution is 0.298. The molecule has 0 aliphatic heterocycles. The first-order valence-electron chi connectivity index (χ1n) is 8.42. The van der Waals surface area contributed by atoms with Crippen molar-refractivity contribution in [1.82, 2.24) is 19.3 Å². The van der Waals surface area contributed by atoms with Gasteiger partial charge < -0.3 is 14.6 Å². The van der Waals surface area contributed by atoms with Crippen molar-refractivity contribution in [2.45, 2.75) is 6.54 Å². The molecule has 0 saturated heterocycles. The normalized spacial score (nSPS) is 10.6. The molecular formula is C20H19N5O. The van der Waals surface area contributed by atoms with E-state index in [9.17, 15) is 0 Å². The molecule has 2 aromatic heterocycles. The van der Waals surface area contributed by atoms with Gasteiger partial charge in [0.25, 0.3) is 0 Å². The Balaban J connectivity index is 1.32. The number of rotatable bonds is 7. The van der Waals surface area contributed by atoms with Gasteiger partial charge in [0.2, 0.25) is 0 Å². The Morgan fingerprint density at radius 2 is 1.65 bits per heavy atom. The highest BCUT2D eigenvalue weighted by atomic mass is 16.5. The molecule has 0 aliphatic rings. The van der Waals surface area contributed by atoms with Crippen LogP contribution >= 0.6 is 0 Å². The summed E-state index contributed by atoms with van der Waals surface area (Å²) in [6.07, 6.45) is 9.17. The Bertz CT molecular complexity index is 914. The van der Waals surface area contributed by atoms with E-state index in [2.05, 4.69) is 15.4 Å². The molecule has 0 spiro atoms. The number of hydrogen-bond acceptors (Lipinski definition) is 4. The Morgan fingerprint density at radius 1 is 0.885 bits per heavy atom. The van der Waals surface area contributed by atoms with E-state index in [1.54, 1.807) is 18.7 Å². The predicted molar refractivity (Wildman–Crippen MR) is 101 cm³/mol. The Hall–Kier alpha value is -3.54. The minimum absolute atomic E-state index is 0.609. The maximum Gasteiger partial charge on any atom is 0.119 e. The average Bonchev–Trinajstić information content (AvgIpc) is 3.38. The zero-order valence-electron chi connectivity index (χ0n) is 14.2. The summed E-state index contributed by atoms with van der Waals surface area (Å²) in [6.45, 7) is 1.39. The van der Waals surface area contributed by atoms with Gasteiger partial charge in [0, 0.05) is 36.2 Å². The zero-order chi connectivity index (χ0) is 17.6. The molecule has 0 atom stereocenters. The summed E-state index contributed by atoms with van der Waals surface area (Å²) in [5, 5.41) is 7.61. The number of imidazole rings is 1. The standard InChI is InChI=1S/C20H19N5O/c1-10-22-25(12-1)19-6-2-17(3-7-19)23-18-4-8-20(9-5-18)26-15-14-24-13-11-21-16-24/h1-13,16,23H,14-15H2. The Kier molecular flexibility index (Phi) is 4.64. The summed E-state index contributed by atoms with van der Waals surface area (Å²) in [4.78, 5) is 4.01. The fraction of sp³-hybridized carbons (Fsp3) is 0.100. The van der Waals surface area contributed by atoms with E-state index < -0.39 is 0 Å². The lowest BCUT2D eigenvalue weighted by Gasteiger charge is -2.10. The van der Waals surface area contributed by atoms with Crippen molar-refractivity contribution in [3.05, 3.63) is 85.7 Å². The topological polar surface area (TPSA) is 56.9 Å². The third-order valence-corrected chi connectivity index (χ3v) is 3.96. The summed E-state index contributed by atoms with van der Waals surface area (Å²) in [6, 6.07) is 18.0. The van der Waals surface area contributed by atoms with Gasteiger partial charge in [-0.1, -0.05) is 0 Å². The maximum absolute atomic E-state index is 5.76. The van der Waals surface area contributed by atoms with E-state index >= 15 is 0 Å². The van der Waals surface area contributed by atoms with Crippen molar-refractivity contribution in [3.63, 3.8) is 0 Å². The Labute approximate surface area is 151 Å². The molecular weight excluding hydrogens is 326 g/mol. The number of nitrogens with zero attached hydrogens (tertiary/aromatic N) is 4. The summed E-state index contributed by atoms with van der Waals surface area (Å²) in [5.41, 5.74) is 3.07. The highest BCUT2D eigenvalue weighted by molar-refractivity contribution is 5.61. The molecule has 2 aromatic carbocycles. The molecule has 1 N–H and O–H groups in total. The van der Waals surface area contributed by atoms with Crippen molar-refractivity contribution in [3.8, 4) is 11.4 Å². The summed E-state index contributed by atoms with van der Waals surface area (Å²) in [7, 11) is 0. The molecule has 130 valence electrons. The van der Waals surface area contributed by atoms with Crippen LogP contribution < -0.4 is 10.1 Å². The second-order valence-electron chi connectivity index (χ2n) is 5.80. The average molecular weight is 345 g/mol. The van der Waals surface area contributed by atoms with E-state index in [0.717, 1.165) is 29.4 Å². The highest BCUT2D eigenvalue weighted by Crippen LogP contribution is 2.21. The summed E-state index contributed by atoms with van der Waals surface area (Å²) in [5.74, 6) is 0.852. The van der Waals surface area contributed by atoms with Crippen molar-refractivity contribution in [1.29, 1.82) is 0 Å². The molecule has 0 amide bonds. The molecule has 0 aliphatic carbocycles. The number of benzene rings is 2. The van der Waals surface area contributed by atoms with Crippen LogP contribution in [0.5, 0.6) is 5.75 Å². The minimum atomic E-state index is 0.609. The monoisotopic (exact) mass is 345 g/mol. The van der Waals surface area contributed by atoms with E-state index in [-0.39, 0.29) is 0 Å². The van der Waals surface area contributed by atoms with Crippen LogP contribution in [0.25, 0.3) is 5.69 Å². The molecule has 26 heavy (non-hydrogen) atoms. The van der Waals surface area contributed by atoms with Crippen molar-refractivity contribution in [2.24, 2.45) is 0 Å². The molecule has 0 fully saturated rings. The van der Waals surface area contributed by atoms with Gasteiger partial charge in [0.05, 0.1) is 18.6 Å². The first-order chi connectivity index (χ1) is 12.9. The number of aromatic nitrogens is 4. The van der Waals surface area contributed by atoms with Crippen LogP contribution in [-0.4, -0.2) is 25.9 Å². The molecule has 0 unspecified atom stereocenters. The molecule has 0 saturated carbocycles. The van der Waals surface area contributed by atoms with Crippen LogP contribution in [-0.2, 0) is 6.54 Å². The lowest BCUT2D eigenvalue weighted by atomic mass is 10.2. The third kappa shape index (κ3) is 3.92. The van der Waals surface area contributed by atoms with E-state index in [0.29, 0.717) is 6.61 Å². The summed E-state index contributed by atoms with van der Waals surface area (Å²) < 4.78 is 9.58. The van der Waals surface area contributed by atoms with Crippen molar-refractivity contribution in [2.75, 3.05) is 11.9 Å². The molecule has 6 heteroatoms. The second-order valence-corrected chi connectivity index (χ2v) is 5.80. The van der Waals surface area contributed by atoms with E-state index in [1.165, 1.54) is 0 Å². The molecule has 0 bridgehead atoms.